The molecule has 1 aromatic heterocycles. The van der Waals surface area contributed by atoms with Gasteiger partial charge in [0.15, 0.2) is 16.7 Å². The SMILES string of the molecule is CCOc1ccc(-n2c(C)nnc2S[C@H](C[N+](=O)[O-])c2cc(OCC)c(OCC)cc2Br)cc1. The molecule has 0 fully saturated rings. The summed E-state index contributed by atoms with van der Waals surface area (Å²) in [6.07, 6.45) is 0. The van der Waals surface area contributed by atoms with Crippen molar-refractivity contribution >= 4 is 27.7 Å². The van der Waals surface area contributed by atoms with Gasteiger partial charge in [-0.3, -0.25) is 14.7 Å². The van der Waals surface area contributed by atoms with Crippen LogP contribution in [0.15, 0.2) is 46.0 Å². The van der Waals surface area contributed by atoms with E-state index in [-0.39, 0.29) is 11.5 Å². The minimum absolute atomic E-state index is 0.308. The van der Waals surface area contributed by atoms with Crippen molar-refractivity contribution < 1.29 is 19.1 Å². The molecule has 0 radical (unpaired) electrons. The quantitative estimate of drug-likeness (QED) is 0.162. The van der Waals surface area contributed by atoms with Gasteiger partial charge < -0.3 is 14.2 Å². The second-order valence-corrected chi connectivity index (χ2v) is 9.12. The average molecular weight is 551 g/mol. The van der Waals surface area contributed by atoms with E-state index in [4.69, 9.17) is 14.2 Å². The van der Waals surface area contributed by atoms with Crippen molar-refractivity contribution in [3.63, 3.8) is 0 Å². The predicted octanol–water partition coefficient (Wildman–Crippen LogP) is 5.64. The number of nitrogens with zero attached hydrogens (tertiary/aromatic N) is 4. The Morgan fingerprint density at radius 3 is 2.24 bits per heavy atom. The largest absolute Gasteiger partial charge is 0.494 e. The van der Waals surface area contributed by atoms with Gasteiger partial charge in [0.05, 0.1) is 19.8 Å². The van der Waals surface area contributed by atoms with Crippen molar-refractivity contribution in [2.45, 2.75) is 38.1 Å². The van der Waals surface area contributed by atoms with Crippen LogP contribution in [-0.4, -0.2) is 46.1 Å². The zero-order valence-electron chi connectivity index (χ0n) is 19.5. The molecule has 34 heavy (non-hydrogen) atoms. The second kappa shape index (κ2) is 12.1. The molecular weight excluding hydrogens is 524 g/mol. The monoisotopic (exact) mass is 550 g/mol. The van der Waals surface area contributed by atoms with Crippen LogP contribution in [0.4, 0.5) is 0 Å². The van der Waals surface area contributed by atoms with Crippen molar-refractivity contribution in [1.29, 1.82) is 0 Å². The summed E-state index contributed by atoms with van der Waals surface area (Å²) >= 11 is 4.85. The second-order valence-electron chi connectivity index (χ2n) is 7.10. The third kappa shape index (κ3) is 6.20. The van der Waals surface area contributed by atoms with Crippen LogP contribution in [-0.2, 0) is 0 Å². The van der Waals surface area contributed by atoms with E-state index in [2.05, 4.69) is 26.1 Å². The first kappa shape index (κ1) is 25.8. The fraction of sp³-hybridized carbons (Fsp3) is 0.391. The van der Waals surface area contributed by atoms with Crippen LogP contribution < -0.4 is 14.2 Å². The number of aromatic nitrogens is 3. The highest BCUT2D eigenvalue weighted by atomic mass is 79.9. The number of nitro groups is 1. The molecule has 3 rings (SSSR count). The molecule has 182 valence electrons. The van der Waals surface area contributed by atoms with Gasteiger partial charge in [-0.2, -0.15) is 0 Å². The Morgan fingerprint density at radius 1 is 1.03 bits per heavy atom. The topological polar surface area (TPSA) is 102 Å². The van der Waals surface area contributed by atoms with Gasteiger partial charge in [-0.25, -0.2) is 0 Å². The van der Waals surface area contributed by atoms with Crippen molar-refractivity contribution in [2.24, 2.45) is 0 Å². The summed E-state index contributed by atoms with van der Waals surface area (Å²) in [6, 6.07) is 11.2. The number of hydrogen-bond donors (Lipinski definition) is 0. The fourth-order valence-electron chi connectivity index (χ4n) is 3.37. The lowest BCUT2D eigenvalue weighted by atomic mass is 10.1. The molecule has 0 aliphatic carbocycles. The number of ether oxygens (including phenoxy) is 3. The standard InChI is InChI=1S/C23H27BrN4O5S/c1-5-31-17-10-8-16(9-11-17)28-15(4)25-26-23(28)34-22(14-27(29)30)18-12-20(32-6-2)21(33-7-3)13-19(18)24/h8-13,22H,5-7,14H2,1-4H3/t22-/m1/s1. The van der Waals surface area contributed by atoms with Crippen molar-refractivity contribution in [3.8, 4) is 22.9 Å². The van der Waals surface area contributed by atoms with Gasteiger partial charge in [-0.1, -0.05) is 27.7 Å². The molecule has 1 atom stereocenters. The molecule has 0 unspecified atom stereocenters. The third-order valence-corrected chi connectivity index (χ3v) is 6.62. The molecule has 0 aliphatic rings. The molecule has 0 spiro atoms. The van der Waals surface area contributed by atoms with Crippen LogP contribution in [0.3, 0.4) is 0 Å². The maximum absolute atomic E-state index is 11.6. The van der Waals surface area contributed by atoms with Crippen molar-refractivity contribution in [1.82, 2.24) is 14.8 Å². The zero-order chi connectivity index (χ0) is 24.7. The summed E-state index contributed by atoms with van der Waals surface area (Å²) in [4.78, 5) is 11.3. The van der Waals surface area contributed by atoms with E-state index in [9.17, 15) is 10.1 Å². The first-order valence-electron chi connectivity index (χ1n) is 10.9. The molecule has 11 heteroatoms. The van der Waals surface area contributed by atoms with Crippen LogP contribution in [0, 0.1) is 17.0 Å². The van der Waals surface area contributed by atoms with Gasteiger partial charge in [0.25, 0.3) is 0 Å². The lowest BCUT2D eigenvalue weighted by molar-refractivity contribution is -0.479. The first-order chi connectivity index (χ1) is 16.4. The summed E-state index contributed by atoms with van der Waals surface area (Å²) in [5.74, 6) is 2.56. The molecule has 9 nitrogen and oxygen atoms in total. The molecule has 2 aromatic carbocycles. The Morgan fingerprint density at radius 2 is 1.65 bits per heavy atom. The smallest absolute Gasteiger partial charge is 0.220 e. The summed E-state index contributed by atoms with van der Waals surface area (Å²) < 4.78 is 19.5. The number of hydrogen-bond acceptors (Lipinski definition) is 8. The summed E-state index contributed by atoms with van der Waals surface area (Å²) in [7, 11) is 0. The highest BCUT2D eigenvalue weighted by Gasteiger charge is 2.27. The van der Waals surface area contributed by atoms with E-state index in [0.29, 0.717) is 52.3 Å². The molecule has 0 aliphatic heterocycles. The fourth-order valence-corrected chi connectivity index (χ4v) is 5.32. The van der Waals surface area contributed by atoms with Crippen LogP contribution in [0.1, 0.15) is 37.4 Å². The Kier molecular flexibility index (Phi) is 9.17. The minimum Gasteiger partial charge on any atom is -0.494 e. The molecule has 0 saturated heterocycles. The van der Waals surface area contributed by atoms with Crippen molar-refractivity contribution in [2.75, 3.05) is 26.4 Å². The van der Waals surface area contributed by atoms with E-state index in [1.165, 1.54) is 11.8 Å². The van der Waals surface area contributed by atoms with E-state index in [1.54, 1.807) is 12.1 Å². The molecular formula is C23H27BrN4O5S. The maximum Gasteiger partial charge on any atom is 0.220 e. The zero-order valence-corrected chi connectivity index (χ0v) is 21.9. The minimum atomic E-state index is -0.552. The maximum atomic E-state index is 11.6. The average Bonchev–Trinajstić information content (AvgIpc) is 3.16. The lowest BCUT2D eigenvalue weighted by Gasteiger charge is -2.19. The molecule has 0 bridgehead atoms. The summed E-state index contributed by atoms with van der Waals surface area (Å²) in [5.41, 5.74) is 1.56. The van der Waals surface area contributed by atoms with Gasteiger partial charge in [-0.15, -0.1) is 10.2 Å². The molecule has 3 aromatic rings. The Bertz CT molecular complexity index is 1120. The van der Waals surface area contributed by atoms with E-state index < -0.39 is 5.25 Å². The van der Waals surface area contributed by atoms with Crippen molar-refractivity contribution in [3.05, 3.63) is 62.4 Å². The molecule has 0 N–H and O–H groups in total. The highest BCUT2D eigenvalue weighted by molar-refractivity contribution is 9.10. The van der Waals surface area contributed by atoms with Gasteiger partial charge in [0, 0.05) is 15.1 Å². The Balaban J connectivity index is 2.00. The first-order valence-corrected chi connectivity index (χ1v) is 12.6. The number of thioether (sulfide) groups is 1. The van der Waals surface area contributed by atoms with E-state index >= 15 is 0 Å². The number of halogens is 1. The van der Waals surface area contributed by atoms with E-state index in [1.807, 2.05) is 56.5 Å². The van der Waals surface area contributed by atoms with E-state index in [0.717, 1.165) is 11.4 Å². The predicted molar refractivity (Wildman–Crippen MR) is 134 cm³/mol. The summed E-state index contributed by atoms with van der Waals surface area (Å²) in [6.45, 7) is 8.73. The number of benzene rings is 2. The Hall–Kier alpha value is -2.79. The van der Waals surface area contributed by atoms with Gasteiger partial charge in [0.2, 0.25) is 6.54 Å². The van der Waals surface area contributed by atoms with Gasteiger partial charge in [-0.05, 0) is 69.7 Å². The van der Waals surface area contributed by atoms with Crippen LogP contribution in [0.2, 0.25) is 0 Å². The highest BCUT2D eigenvalue weighted by Crippen LogP contribution is 2.43. The molecule has 1 heterocycles. The van der Waals surface area contributed by atoms with Crippen LogP contribution in [0.5, 0.6) is 17.2 Å². The van der Waals surface area contributed by atoms with Crippen LogP contribution >= 0.6 is 27.7 Å². The Labute approximate surface area is 211 Å². The lowest BCUT2D eigenvalue weighted by Crippen LogP contribution is -2.12. The number of rotatable bonds is 12. The molecule has 0 amide bonds. The van der Waals surface area contributed by atoms with Gasteiger partial charge in [0.1, 0.15) is 16.8 Å². The normalized spacial score (nSPS) is 11.8. The number of aryl methyl sites for hydroxylation is 1. The van der Waals surface area contributed by atoms with Gasteiger partial charge >= 0.3 is 0 Å². The summed E-state index contributed by atoms with van der Waals surface area (Å²) in [5, 5.41) is 20.1. The van der Waals surface area contributed by atoms with Crippen LogP contribution in [0.25, 0.3) is 5.69 Å². The molecule has 0 saturated carbocycles. The third-order valence-electron chi connectivity index (χ3n) is 4.77.